The second-order valence-electron chi connectivity index (χ2n) is 10.4. The van der Waals surface area contributed by atoms with Crippen molar-refractivity contribution in [3.8, 4) is 5.88 Å². The number of nitrogens with zero attached hydrogens (tertiary/aromatic N) is 3. The van der Waals surface area contributed by atoms with E-state index in [1.54, 1.807) is 0 Å². The Morgan fingerprint density at radius 2 is 1.83 bits per heavy atom. The van der Waals surface area contributed by atoms with Crippen molar-refractivity contribution >= 4 is 44.6 Å². The Balaban J connectivity index is 1.79. The van der Waals surface area contributed by atoms with Crippen molar-refractivity contribution in [3.63, 3.8) is 0 Å². The van der Waals surface area contributed by atoms with Gasteiger partial charge in [0.05, 0.1) is 23.3 Å². The number of ether oxygens (including phenoxy) is 1. The molecule has 0 bridgehead atoms. The van der Waals surface area contributed by atoms with Crippen molar-refractivity contribution in [3.05, 3.63) is 35.1 Å². The molecule has 1 fully saturated rings. The van der Waals surface area contributed by atoms with E-state index in [1.165, 1.54) is 31.6 Å². The molecule has 0 radical (unpaired) electrons. The fourth-order valence-corrected chi connectivity index (χ4v) is 5.03. The van der Waals surface area contributed by atoms with Gasteiger partial charge in [-0.05, 0) is 36.3 Å². The summed E-state index contributed by atoms with van der Waals surface area (Å²) in [6.45, 7) is 7.45. The molecule has 3 heterocycles. The molecule has 0 saturated carbocycles. The highest BCUT2D eigenvalue weighted by molar-refractivity contribution is 7.90. The van der Waals surface area contributed by atoms with Crippen LogP contribution in [0.25, 0.3) is 0 Å². The van der Waals surface area contributed by atoms with Crippen LogP contribution in [0, 0.1) is 11.3 Å². The monoisotopic (exact) mass is 536 g/mol. The summed E-state index contributed by atoms with van der Waals surface area (Å²) in [6.07, 6.45) is 6.43. The largest absolute Gasteiger partial charge is 0.480 e. The molecule has 2 aromatic heterocycles. The Hall–Kier alpha value is -2.72. The molecule has 9 nitrogen and oxygen atoms in total. The first-order valence-corrected chi connectivity index (χ1v) is 14.0. The summed E-state index contributed by atoms with van der Waals surface area (Å²) in [5.41, 5.74) is 0.435. The van der Waals surface area contributed by atoms with Crippen molar-refractivity contribution in [2.24, 2.45) is 11.3 Å². The van der Waals surface area contributed by atoms with Gasteiger partial charge in [0, 0.05) is 44.6 Å². The number of anilines is 2. The van der Waals surface area contributed by atoms with Crippen LogP contribution in [0.15, 0.2) is 29.4 Å². The molecule has 0 atom stereocenters. The number of sulfone groups is 1. The molecule has 1 amide bonds. The van der Waals surface area contributed by atoms with E-state index in [0.717, 1.165) is 19.1 Å². The Morgan fingerprint density at radius 1 is 1.17 bits per heavy atom. The first kappa shape index (κ1) is 27.9. The minimum Gasteiger partial charge on any atom is -0.480 e. The third-order valence-corrected chi connectivity index (χ3v) is 7.29. The molecule has 0 spiro atoms. The highest BCUT2D eigenvalue weighted by Crippen LogP contribution is 2.32. The Morgan fingerprint density at radius 3 is 2.39 bits per heavy atom. The smallest absolute Gasteiger partial charge is 0.257 e. The van der Waals surface area contributed by atoms with Gasteiger partial charge >= 0.3 is 0 Å². The number of pyridine rings is 2. The average Bonchev–Trinajstić information content (AvgIpc) is 2.77. The third kappa shape index (κ3) is 7.39. The fourth-order valence-electron chi connectivity index (χ4n) is 4.21. The van der Waals surface area contributed by atoms with Gasteiger partial charge in [0.1, 0.15) is 10.8 Å². The molecule has 0 unspecified atom stereocenters. The average molecular weight is 537 g/mol. The number of rotatable bonds is 8. The van der Waals surface area contributed by atoms with Gasteiger partial charge in [-0.25, -0.2) is 18.4 Å². The molecule has 3 rings (SSSR count). The lowest BCUT2D eigenvalue weighted by Gasteiger charge is -2.34. The molecule has 0 aliphatic carbocycles. The number of halogens is 1. The number of hydrogen-bond acceptors (Lipinski definition) is 8. The minimum atomic E-state index is -3.55. The predicted octanol–water partition coefficient (Wildman–Crippen LogP) is 4.41. The summed E-state index contributed by atoms with van der Waals surface area (Å²) in [5, 5.41) is 2.95. The van der Waals surface area contributed by atoms with Crippen LogP contribution in [0.2, 0.25) is 5.02 Å². The Labute approximate surface area is 217 Å². The van der Waals surface area contributed by atoms with Crippen molar-refractivity contribution in [1.29, 1.82) is 0 Å². The SMILES string of the molecule is COc1ncc(C(=O)Nc2cc(S(C)(=O)=O)cnc2N2CCC(CC(=O)CC(C)(C)C)CC2)cc1Cl. The number of aromatic nitrogens is 2. The van der Waals surface area contributed by atoms with E-state index in [1.807, 2.05) is 4.90 Å². The Bertz CT molecular complexity index is 1240. The number of carbonyl (C=O) groups excluding carboxylic acids is 2. The summed E-state index contributed by atoms with van der Waals surface area (Å²) >= 11 is 6.11. The molecule has 1 N–H and O–H groups in total. The molecule has 2 aromatic rings. The van der Waals surface area contributed by atoms with Gasteiger partial charge < -0.3 is 15.0 Å². The van der Waals surface area contributed by atoms with Crippen LogP contribution in [-0.4, -0.2) is 56.5 Å². The maximum atomic E-state index is 13.0. The van der Waals surface area contributed by atoms with E-state index < -0.39 is 15.7 Å². The van der Waals surface area contributed by atoms with Crippen LogP contribution in [0.3, 0.4) is 0 Å². The zero-order chi connectivity index (χ0) is 26.7. The van der Waals surface area contributed by atoms with Crippen LogP contribution < -0.4 is 15.0 Å². The van der Waals surface area contributed by atoms with Gasteiger partial charge in [0.15, 0.2) is 15.7 Å². The van der Waals surface area contributed by atoms with Gasteiger partial charge in [-0.3, -0.25) is 9.59 Å². The van der Waals surface area contributed by atoms with E-state index in [-0.39, 0.29) is 44.2 Å². The third-order valence-electron chi connectivity index (χ3n) is 5.94. The number of piperidine rings is 1. The number of carbonyl (C=O) groups is 2. The van der Waals surface area contributed by atoms with Gasteiger partial charge in [-0.2, -0.15) is 0 Å². The minimum absolute atomic E-state index is 0.00454. The topological polar surface area (TPSA) is 119 Å². The number of nitrogens with one attached hydrogen (secondary N) is 1. The molecular weight excluding hydrogens is 504 g/mol. The summed E-state index contributed by atoms with van der Waals surface area (Å²) in [7, 11) is -2.12. The van der Waals surface area contributed by atoms with Gasteiger partial charge in [-0.15, -0.1) is 0 Å². The van der Waals surface area contributed by atoms with Crippen molar-refractivity contribution < 1.29 is 22.7 Å². The summed E-state index contributed by atoms with van der Waals surface area (Å²) in [5.74, 6) is 0.720. The van der Waals surface area contributed by atoms with E-state index in [2.05, 4.69) is 36.1 Å². The first-order chi connectivity index (χ1) is 16.8. The second-order valence-corrected chi connectivity index (χ2v) is 12.8. The maximum absolute atomic E-state index is 13.0. The molecular formula is C25H33ClN4O5S. The summed E-state index contributed by atoms with van der Waals surface area (Å²) in [4.78, 5) is 35.8. The zero-order valence-electron chi connectivity index (χ0n) is 21.3. The summed E-state index contributed by atoms with van der Waals surface area (Å²) in [6, 6.07) is 2.84. The standard InChI is InChI=1S/C25H33ClN4O5S/c1-25(2,3)13-18(31)10-16-6-8-30(9-7-16)22-21(12-19(15-27-22)36(5,33)34)29-23(32)17-11-20(26)24(35-4)28-14-17/h11-12,14-16H,6-10,13H2,1-5H3,(H,29,32). The zero-order valence-corrected chi connectivity index (χ0v) is 22.9. The lowest BCUT2D eigenvalue weighted by Crippen LogP contribution is -2.36. The second kappa shape index (κ2) is 11.1. The number of ketones is 1. The molecule has 1 aliphatic rings. The molecule has 11 heteroatoms. The van der Waals surface area contributed by atoms with Crippen molar-refractivity contribution in [2.45, 2.75) is 51.3 Å². The van der Waals surface area contributed by atoms with Crippen molar-refractivity contribution in [2.75, 3.05) is 36.7 Å². The van der Waals surface area contributed by atoms with Crippen LogP contribution in [0.4, 0.5) is 11.5 Å². The van der Waals surface area contributed by atoms with Crippen LogP contribution in [-0.2, 0) is 14.6 Å². The molecule has 0 aromatic carbocycles. The van der Waals surface area contributed by atoms with Gasteiger partial charge in [0.25, 0.3) is 5.91 Å². The van der Waals surface area contributed by atoms with Crippen LogP contribution in [0.5, 0.6) is 5.88 Å². The lowest BCUT2D eigenvalue weighted by molar-refractivity contribution is -0.121. The number of amides is 1. The van der Waals surface area contributed by atoms with Crippen molar-refractivity contribution in [1.82, 2.24) is 9.97 Å². The molecule has 1 saturated heterocycles. The van der Waals surface area contributed by atoms with Crippen LogP contribution in [0.1, 0.15) is 56.8 Å². The predicted molar refractivity (Wildman–Crippen MR) is 140 cm³/mol. The Kier molecular flexibility index (Phi) is 8.61. The van der Waals surface area contributed by atoms with E-state index >= 15 is 0 Å². The quantitative estimate of drug-likeness (QED) is 0.527. The normalized spacial score (nSPS) is 15.0. The lowest BCUT2D eigenvalue weighted by atomic mass is 9.84. The maximum Gasteiger partial charge on any atom is 0.257 e. The number of Topliss-reactive ketones (excluding diaryl/α,β-unsaturated/α-hetero) is 1. The van der Waals surface area contributed by atoms with Gasteiger partial charge in [-0.1, -0.05) is 32.4 Å². The van der Waals surface area contributed by atoms with Crippen LogP contribution >= 0.6 is 11.6 Å². The fraction of sp³-hybridized carbons (Fsp3) is 0.520. The highest BCUT2D eigenvalue weighted by atomic mass is 35.5. The van der Waals surface area contributed by atoms with E-state index in [4.69, 9.17) is 16.3 Å². The highest BCUT2D eigenvalue weighted by Gasteiger charge is 2.27. The first-order valence-electron chi connectivity index (χ1n) is 11.7. The molecule has 36 heavy (non-hydrogen) atoms. The van der Waals surface area contributed by atoms with Gasteiger partial charge in [0.2, 0.25) is 5.88 Å². The number of hydrogen-bond donors (Lipinski definition) is 1. The molecule has 196 valence electrons. The van der Waals surface area contributed by atoms with E-state index in [9.17, 15) is 18.0 Å². The van der Waals surface area contributed by atoms with E-state index in [0.29, 0.717) is 31.7 Å². The summed E-state index contributed by atoms with van der Waals surface area (Å²) < 4.78 is 29.3. The molecule has 1 aliphatic heterocycles. The number of methoxy groups -OCH3 is 1.